The predicted molar refractivity (Wildman–Crippen MR) is 73.4 cm³/mol. The van der Waals surface area contributed by atoms with Crippen LogP contribution in [0.3, 0.4) is 0 Å². The van der Waals surface area contributed by atoms with Gasteiger partial charge in [-0.05, 0) is 45.0 Å². The van der Waals surface area contributed by atoms with Crippen molar-refractivity contribution in [2.24, 2.45) is 0 Å². The molecule has 0 aromatic heterocycles. The van der Waals surface area contributed by atoms with Gasteiger partial charge < -0.3 is 11.1 Å². The number of hydrogen-bond donors (Lipinski definition) is 2. The molecule has 1 aliphatic heterocycles. The second-order valence-electron chi connectivity index (χ2n) is 5.00. The van der Waals surface area contributed by atoms with E-state index in [-0.39, 0.29) is 17.2 Å². The quantitative estimate of drug-likeness (QED) is 0.813. The highest BCUT2D eigenvalue weighted by atomic mass is 19.1. The molecule has 1 heterocycles. The number of hydrogen-bond acceptors (Lipinski definition) is 3. The molecule has 1 fully saturated rings. The van der Waals surface area contributed by atoms with Crippen LogP contribution in [0.5, 0.6) is 0 Å². The summed E-state index contributed by atoms with van der Waals surface area (Å²) < 4.78 is 13.3. The first kappa shape index (κ1) is 13.8. The van der Waals surface area contributed by atoms with E-state index in [0.29, 0.717) is 12.6 Å². The SMILES string of the molecule is CC(CNC(=O)c1cccc(F)c1N)N1CCCC1. The average Bonchev–Trinajstić information content (AvgIpc) is 2.93. The van der Waals surface area contributed by atoms with Crippen molar-refractivity contribution in [1.29, 1.82) is 0 Å². The molecule has 0 aliphatic carbocycles. The lowest BCUT2D eigenvalue weighted by atomic mass is 10.1. The summed E-state index contributed by atoms with van der Waals surface area (Å²) in [4.78, 5) is 14.3. The minimum atomic E-state index is -0.555. The molecular weight excluding hydrogens is 245 g/mol. The van der Waals surface area contributed by atoms with Crippen LogP contribution in [-0.4, -0.2) is 36.5 Å². The second kappa shape index (κ2) is 6.02. The lowest BCUT2D eigenvalue weighted by Crippen LogP contribution is -2.40. The molecule has 1 aromatic carbocycles. The van der Waals surface area contributed by atoms with Gasteiger partial charge in [-0.25, -0.2) is 4.39 Å². The highest BCUT2D eigenvalue weighted by Gasteiger charge is 2.19. The van der Waals surface area contributed by atoms with Crippen molar-refractivity contribution in [3.05, 3.63) is 29.6 Å². The van der Waals surface area contributed by atoms with E-state index in [1.807, 2.05) is 0 Å². The highest BCUT2D eigenvalue weighted by molar-refractivity contribution is 5.99. The van der Waals surface area contributed by atoms with E-state index in [2.05, 4.69) is 17.1 Å². The van der Waals surface area contributed by atoms with Gasteiger partial charge in [0, 0.05) is 12.6 Å². The van der Waals surface area contributed by atoms with Gasteiger partial charge in [-0.2, -0.15) is 0 Å². The largest absolute Gasteiger partial charge is 0.396 e. The summed E-state index contributed by atoms with van der Waals surface area (Å²) >= 11 is 0. The topological polar surface area (TPSA) is 58.4 Å². The van der Waals surface area contributed by atoms with Gasteiger partial charge in [0.15, 0.2) is 0 Å². The van der Waals surface area contributed by atoms with Crippen LogP contribution in [-0.2, 0) is 0 Å². The summed E-state index contributed by atoms with van der Waals surface area (Å²) in [6.07, 6.45) is 2.43. The van der Waals surface area contributed by atoms with E-state index in [1.165, 1.54) is 31.0 Å². The molecule has 1 aromatic rings. The summed E-state index contributed by atoms with van der Waals surface area (Å²) in [7, 11) is 0. The minimum Gasteiger partial charge on any atom is -0.396 e. The zero-order chi connectivity index (χ0) is 13.8. The lowest BCUT2D eigenvalue weighted by Gasteiger charge is -2.23. The fraction of sp³-hybridized carbons (Fsp3) is 0.500. The number of amides is 1. The molecule has 0 spiro atoms. The van der Waals surface area contributed by atoms with Crippen molar-refractivity contribution in [3.63, 3.8) is 0 Å². The van der Waals surface area contributed by atoms with E-state index in [1.54, 1.807) is 0 Å². The summed E-state index contributed by atoms with van der Waals surface area (Å²) in [5.74, 6) is -0.872. The molecule has 1 aliphatic rings. The van der Waals surface area contributed by atoms with E-state index >= 15 is 0 Å². The monoisotopic (exact) mass is 265 g/mol. The van der Waals surface area contributed by atoms with Gasteiger partial charge in [0.05, 0.1) is 11.3 Å². The van der Waals surface area contributed by atoms with Crippen LogP contribution in [0.4, 0.5) is 10.1 Å². The standard InChI is InChI=1S/C14H20FN3O/c1-10(18-7-2-3-8-18)9-17-14(19)11-5-4-6-12(15)13(11)16/h4-6,10H,2-3,7-9,16H2,1H3,(H,17,19). The number of anilines is 1. The summed E-state index contributed by atoms with van der Waals surface area (Å²) in [6, 6.07) is 4.57. The maximum atomic E-state index is 13.3. The number of nitrogen functional groups attached to an aromatic ring is 1. The lowest BCUT2D eigenvalue weighted by molar-refractivity contribution is 0.0941. The molecule has 104 valence electrons. The van der Waals surface area contributed by atoms with E-state index in [9.17, 15) is 9.18 Å². The Labute approximate surface area is 112 Å². The van der Waals surface area contributed by atoms with Gasteiger partial charge >= 0.3 is 0 Å². The first-order valence-corrected chi connectivity index (χ1v) is 6.66. The van der Waals surface area contributed by atoms with Crippen molar-refractivity contribution in [3.8, 4) is 0 Å². The summed E-state index contributed by atoms with van der Waals surface area (Å²) in [5, 5.41) is 2.82. The second-order valence-corrected chi connectivity index (χ2v) is 5.00. The molecule has 19 heavy (non-hydrogen) atoms. The molecule has 4 nitrogen and oxygen atoms in total. The zero-order valence-corrected chi connectivity index (χ0v) is 11.2. The number of nitrogens with one attached hydrogen (secondary N) is 1. The first-order chi connectivity index (χ1) is 9.09. The van der Waals surface area contributed by atoms with Crippen molar-refractivity contribution < 1.29 is 9.18 Å². The Kier molecular flexibility index (Phi) is 4.37. The van der Waals surface area contributed by atoms with Crippen molar-refractivity contribution in [1.82, 2.24) is 10.2 Å². The number of nitrogens with zero attached hydrogens (tertiary/aromatic N) is 1. The fourth-order valence-corrected chi connectivity index (χ4v) is 2.38. The molecule has 1 amide bonds. The predicted octanol–water partition coefficient (Wildman–Crippen LogP) is 1.62. The number of carbonyl (C=O) groups is 1. The number of carbonyl (C=O) groups excluding carboxylic acids is 1. The van der Waals surface area contributed by atoms with Crippen LogP contribution in [0.15, 0.2) is 18.2 Å². The number of likely N-dealkylation sites (tertiary alicyclic amines) is 1. The molecule has 0 radical (unpaired) electrons. The maximum Gasteiger partial charge on any atom is 0.253 e. The van der Waals surface area contributed by atoms with Crippen molar-refractivity contribution in [2.75, 3.05) is 25.4 Å². The molecule has 0 bridgehead atoms. The summed E-state index contributed by atoms with van der Waals surface area (Å²) in [5.41, 5.74) is 5.68. The van der Waals surface area contributed by atoms with Crippen LogP contribution in [0.25, 0.3) is 0 Å². The normalized spacial score (nSPS) is 17.4. The van der Waals surface area contributed by atoms with Crippen LogP contribution >= 0.6 is 0 Å². The number of para-hydroxylation sites is 1. The van der Waals surface area contributed by atoms with E-state index in [0.717, 1.165) is 13.1 Å². The third-order valence-electron chi connectivity index (χ3n) is 3.62. The number of rotatable bonds is 4. The Hall–Kier alpha value is -1.62. The molecule has 2 rings (SSSR count). The molecule has 5 heteroatoms. The van der Waals surface area contributed by atoms with Gasteiger partial charge in [-0.3, -0.25) is 9.69 Å². The molecule has 1 saturated heterocycles. The van der Waals surface area contributed by atoms with E-state index < -0.39 is 5.82 Å². The Morgan fingerprint density at radius 2 is 2.16 bits per heavy atom. The third-order valence-corrected chi connectivity index (χ3v) is 3.62. The maximum absolute atomic E-state index is 13.3. The van der Waals surface area contributed by atoms with Crippen LogP contribution in [0.1, 0.15) is 30.1 Å². The Morgan fingerprint density at radius 1 is 1.47 bits per heavy atom. The van der Waals surface area contributed by atoms with E-state index in [4.69, 9.17) is 5.73 Å². The fourth-order valence-electron chi connectivity index (χ4n) is 2.38. The smallest absolute Gasteiger partial charge is 0.253 e. The number of halogens is 1. The Bertz CT molecular complexity index is 458. The van der Waals surface area contributed by atoms with Gasteiger partial charge in [0.25, 0.3) is 5.91 Å². The number of nitrogens with two attached hydrogens (primary N) is 1. The minimum absolute atomic E-state index is 0.0891. The zero-order valence-electron chi connectivity index (χ0n) is 11.2. The Morgan fingerprint density at radius 3 is 2.84 bits per heavy atom. The van der Waals surface area contributed by atoms with Crippen LogP contribution < -0.4 is 11.1 Å². The number of benzene rings is 1. The summed E-state index contributed by atoms with van der Waals surface area (Å²) in [6.45, 7) is 4.80. The van der Waals surface area contributed by atoms with Gasteiger partial charge in [-0.15, -0.1) is 0 Å². The Balaban J connectivity index is 1.92. The van der Waals surface area contributed by atoms with Crippen molar-refractivity contribution >= 4 is 11.6 Å². The highest BCUT2D eigenvalue weighted by Crippen LogP contribution is 2.16. The average molecular weight is 265 g/mol. The van der Waals surface area contributed by atoms with Gasteiger partial charge in [0.1, 0.15) is 5.82 Å². The molecule has 3 N–H and O–H groups in total. The van der Waals surface area contributed by atoms with Crippen LogP contribution in [0.2, 0.25) is 0 Å². The van der Waals surface area contributed by atoms with Gasteiger partial charge in [0.2, 0.25) is 0 Å². The van der Waals surface area contributed by atoms with Crippen LogP contribution in [0, 0.1) is 5.82 Å². The molecular formula is C14H20FN3O. The molecule has 1 unspecified atom stereocenters. The first-order valence-electron chi connectivity index (χ1n) is 6.66. The molecule has 1 atom stereocenters. The van der Waals surface area contributed by atoms with Crippen molar-refractivity contribution in [2.45, 2.75) is 25.8 Å². The molecule has 0 saturated carbocycles. The third kappa shape index (κ3) is 3.23. The van der Waals surface area contributed by atoms with Gasteiger partial charge in [-0.1, -0.05) is 6.07 Å².